The molecule has 0 aromatic heterocycles. The number of aliphatic carboxylic acids is 1. The third-order valence-corrected chi connectivity index (χ3v) is 1.45. The Labute approximate surface area is 60.0 Å². The minimum absolute atomic E-state index is 0.0731. The third kappa shape index (κ3) is 4.06. The van der Waals surface area contributed by atoms with E-state index in [0.717, 1.165) is 12.7 Å². The van der Waals surface area contributed by atoms with Crippen LogP contribution in [0.4, 0.5) is 0 Å². The van der Waals surface area contributed by atoms with E-state index in [2.05, 4.69) is 0 Å². The summed E-state index contributed by atoms with van der Waals surface area (Å²) in [6.07, 6.45) is 2.12. The van der Waals surface area contributed by atoms with Crippen LogP contribution in [0.25, 0.3) is 0 Å². The Kier molecular flexibility index (Phi) is 4.54. The zero-order valence-electron chi connectivity index (χ0n) is 6.04. The minimum Gasteiger partial charge on any atom is -0.481 e. The summed E-state index contributed by atoms with van der Waals surface area (Å²) in [7, 11) is 0. The first-order valence-electron chi connectivity index (χ1n) is 3.37. The number of hydrogen-bond acceptors (Lipinski definition) is 2. The Morgan fingerprint density at radius 1 is 1.70 bits per heavy atom. The van der Waals surface area contributed by atoms with Crippen molar-refractivity contribution in [3.8, 4) is 0 Å². The first-order valence-corrected chi connectivity index (χ1v) is 3.37. The van der Waals surface area contributed by atoms with Crippen molar-refractivity contribution in [2.45, 2.75) is 26.2 Å². The molecule has 3 nitrogen and oxygen atoms in total. The fourth-order valence-corrected chi connectivity index (χ4v) is 0.677. The zero-order valence-corrected chi connectivity index (χ0v) is 6.04. The van der Waals surface area contributed by atoms with Gasteiger partial charge in [0.05, 0.1) is 0 Å². The fourth-order valence-electron chi connectivity index (χ4n) is 0.677. The van der Waals surface area contributed by atoms with Crippen LogP contribution in [0, 0.1) is 5.92 Å². The molecule has 0 amide bonds. The van der Waals surface area contributed by atoms with E-state index in [1.165, 1.54) is 0 Å². The lowest BCUT2D eigenvalue weighted by molar-refractivity contribution is -0.137. The molecule has 1 N–H and O–H groups in total. The smallest absolute Gasteiger partial charge is 0.303 e. The summed E-state index contributed by atoms with van der Waals surface area (Å²) in [5.74, 6) is -0.906. The molecule has 0 aromatic carbocycles. The van der Waals surface area contributed by atoms with Gasteiger partial charge in [-0.3, -0.25) is 4.79 Å². The SMILES string of the molecule is CC[C@@H](C=O)CCC(=O)O. The summed E-state index contributed by atoms with van der Waals surface area (Å²) >= 11 is 0. The van der Waals surface area contributed by atoms with Crippen LogP contribution in [0.3, 0.4) is 0 Å². The van der Waals surface area contributed by atoms with Crippen LogP contribution >= 0.6 is 0 Å². The van der Waals surface area contributed by atoms with Crippen LogP contribution in [0.15, 0.2) is 0 Å². The van der Waals surface area contributed by atoms with Crippen LogP contribution in [0.1, 0.15) is 26.2 Å². The summed E-state index contributed by atoms with van der Waals surface area (Å²) in [6.45, 7) is 1.88. The molecular formula is C7H12O3. The third-order valence-electron chi connectivity index (χ3n) is 1.45. The highest BCUT2D eigenvalue weighted by molar-refractivity contribution is 5.67. The molecule has 0 spiro atoms. The van der Waals surface area contributed by atoms with E-state index in [4.69, 9.17) is 5.11 Å². The van der Waals surface area contributed by atoms with Crippen LogP contribution in [-0.4, -0.2) is 17.4 Å². The van der Waals surface area contributed by atoms with E-state index in [1.807, 2.05) is 6.92 Å². The van der Waals surface area contributed by atoms with Crippen molar-refractivity contribution in [2.24, 2.45) is 5.92 Å². The molecule has 0 aliphatic rings. The predicted octanol–water partition coefficient (Wildman–Crippen LogP) is 1.08. The number of carboxylic acids is 1. The summed E-state index contributed by atoms with van der Waals surface area (Å²) < 4.78 is 0. The molecule has 58 valence electrons. The molecule has 0 bridgehead atoms. The standard InChI is InChI=1S/C7H12O3/c1-2-6(5-8)3-4-7(9)10/h5-6H,2-4H2,1H3,(H,9,10)/t6-/m1/s1. The van der Waals surface area contributed by atoms with Crippen LogP contribution in [0.2, 0.25) is 0 Å². The average Bonchev–Trinajstić information content (AvgIpc) is 1.90. The maximum atomic E-state index is 10.2. The predicted molar refractivity (Wildman–Crippen MR) is 36.7 cm³/mol. The monoisotopic (exact) mass is 144 g/mol. The minimum atomic E-state index is -0.833. The first kappa shape index (κ1) is 9.14. The molecule has 3 heteroatoms. The molecule has 0 unspecified atom stereocenters. The van der Waals surface area contributed by atoms with Gasteiger partial charge >= 0.3 is 5.97 Å². The van der Waals surface area contributed by atoms with Crippen molar-refractivity contribution >= 4 is 12.3 Å². The highest BCUT2D eigenvalue weighted by atomic mass is 16.4. The Hall–Kier alpha value is -0.860. The van der Waals surface area contributed by atoms with E-state index >= 15 is 0 Å². The number of carbonyl (C=O) groups is 2. The second-order valence-corrected chi connectivity index (χ2v) is 2.24. The molecule has 0 saturated carbocycles. The van der Waals surface area contributed by atoms with Crippen LogP contribution in [-0.2, 0) is 9.59 Å². The fraction of sp³-hybridized carbons (Fsp3) is 0.714. The second kappa shape index (κ2) is 4.97. The maximum Gasteiger partial charge on any atom is 0.303 e. The highest BCUT2D eigenvalue weighted by Crippen LogP contribution is 2.06. The lowest BCUT2D eigenvalue weighted by Crippen LogP contribution is -2.04. The Balaban J connectivity index is 3.44. The van der Waals surface area contributed by atoms with E-state index in [0.29, 0.717) is 6.42 Å². The molecule has 1 atom stereocenters. The Morgan fingerprint density at radius 3 is 2.60 bits per heavy atom. The molecule has 0 fully saturated rings. The van der Waals surface area contributed by atoms with E-state index < -0.39 is 5.97 Å². The van der Waals surface area contributed by atoms with Gasteiger partial charge in [0.15, 0.2) is 0 Å². The van der Waals surface area contributed by atoms with Crippen LogP contribution in [0.5, 0.6) is 0 Å². The number of rotatable bonds is 5. The summed E-state index contributed by atoms with van der Waals surface area (Å²) in [6, 6.07) is 0. The normalized spacial score (nSPS) is 12.5. The topological polar surface area (TPSA) is 54.4 Å². The Bertz CT molecular complexity index is 120. The lowest BCUT2D eigenvalue weighted by Gasteiger charge is -2.02. The molecule has 0 aliphatic carbocycles. The van der Waals surface area contributed by atoms with Gasteiger partial charge < -0.3 is 9.90 Å². The lowest BCUT2D eigenvalue weighted by atomic mass is 10.0. The molecule has 0 aliphatic heterocycles. The number of carbonyl (C=O) groups excluding carboxylic acids is 1. The first-order chi connectivity index (χ1) is 4.70. The summed E-state index contributed by atoms with van der Waals surface area (Å²) in [4.78, 5) is 20.2. The van der Waals surface area contributed by atoms with Crippen molar-refractivity contribution in [3.05, 3.63) is 0 Å². The van der Waals surface area contributed by atoms with Crippen molar-refractivity contribution in [1.82, 2.24) is 0 Å². The molecule has 0 heterocycles. The van der Waals surface area contributed by atoms with Gasteiger partial charge in [0.25, 0.3) is 0 Å². The molecule has 0 rings (SSSR count). The largest absolute Gasteiger partial charge is 0.481 e. The number of hydrogen-bond donors (Lipinski definition) is 1. The van der Waals surface area contributed by atoms with Gasteiger partial charge in [0, 0.05) is 12.3 Å². The summed E-state index contributed by atoms with van der Waals surface area (Å²) in [5.41, 5.74) is 0. The van der Waals surface area contributed by atoms with Gasteiger partial charge in [-0.25, -0.2) is 0 Å². The van der Waals surface area contributed by atoms with Gasteiger partial charge in [-0.2, -0.15) is 0 Å². The molecule has 10 heavy (non-hydrogen) atoms. The van der Waals surface area contributed by atoms with Gasteiger partial charge in [0.2, 0.25) is 0 Å². The van der Waals surface area contributed by atoms with E-state index in [-0.39, 0.29) is 12.3 Å². The van der Waals surface area contributed by atoms with Gasteiger partial charge in [0.1, 0.15) is 6.29 Å². The van der Waals surface area contributed by atoms with Crippen LogP contribution < -0.4 is 0 Å². The van der Waals surface area contributed by atoms with E-state index in [9.17, 15) is 9.59 Å². The molecular weight excluding hydrogens is 132 g/mol. The number of aldehydes is 1. The van der Waals surface area contributed by atoms with Crippen molar-refractivity contribution in [1.29, 1.82) is 0 Å². The van der Waals surface area contributed by atoms with E-state index in [1.54, 1.807) is 0 Å². The Morgan fingerprint density at radius 2 is 2.30 bits per heavy atom. The van der Waals surface area contributed by atoms with Gasteiger partial charge in [-0.15, -0.1) is 0 Å². The quantitative estimate of drug-likeness (QED) is 0.587. The van der Waals surface area contributed by atoms with Gasteiger partial charge in [-0.1, -0.05) is 6.92 Å². The van der Waals surface area contributed by atoms with Crippen molar-refractivity contribution in [2.75, 3.05) is 0 Å². The van der Waals surface area contributed by atoms with Gasteiger partial charge in [-0.05, 0) is 12.8 Å². The second-order valence-electron chi connectivity index (χ2n) is 2.24. The highest BCUT2D eigenvalue weighted by Gasteiger charge is 2.06. The maximum absolute atomic E-state index is 10.2. The summed E-state index contributed by atoms with van der Waals surface area (Å²) in [5, 5.41) is 8.24. The zero-order chi connectivity index (χ0) is 7.98. The number of carboxylic acid groups (broad SMARTS) is 1. The molecule has 0 radical (unpaired) electrons. The van der Waals surface area contributed by atoms with Crippen molar-refractivity contribution in [3.63, 3.8) is 0 Å². The van der Waals surface area contributed by atoms with Crippen molar-refractivity contribution < 1.29 is 14.7 Å². The molecule has 0 saturated heterocycles. The molecule has 0 aromatic rings. The average molecular weight is 144 g/mol.